The Morgan fingerprint density at radius 3 is 2.41 bits per heavy atom. The van der Waals surface area contributed by atoms with Gasteiger partial charge in [0, 0.05) is 19.6 Å². The lowest BCUT2D eigenvalue weighted by Gasteiger charge is -2.47. The van der Waals surface area contributed by atoms with Crippen molar-refractivity contribution in [1.29, 1.82) is 0 Å². The minimum atomic E-state index is -3.90. The molecule has 0 saturated carbocycles. The molecule has 34 heavy (non-hydrogen) atoms. The van der Waals surface area contributed by atoms with Gasteiger partial charge in [-0.15, -0.1) is 0 Å². The minimum absolute atomic E-state index is 0.0623. The smallest absolute Gasteiger partial charge is 0.247 e. The molecule has 0 aliphatic carbocycles. The zero-order chi connectivity index (χ0) is 24.8. The minimum Gasteiger partial charge on any atom is -0.354 e. The van der Waals surface area contributed by atoms with E-state index < -0.39 is 15.6 Å². The molecule has 0 aromatic heterocycles. The molecule has 2 amide bonds. The van der Waals surface area contributed by atoms with Crippen LogP contribution in [-0.4, -0.2) is 85.7 Å². The number of nitrogens with one attached hydrogen (secondary N) is 1. The highest BCUT2D eigenvalue weighted by molar-refractivity contribution is 7.89. The van der Waals surface area contributed by atoms with Crippen molar-refractivity contribution in [3.8, 4) is 0 Å². The number of nitrogens with zero attached hydrogens (tertiary/aromatic N) is 3. The summed E-state index contributed by atoms with van der Waals surface area (Å²) in [5, 5.41) is 2.96. The fraction of sp³-hybridized carbons (Fsp3) is 0.680. The van der Waals surface area contributed by atoms with Gasteiger partial charge in [0.1, 0.15) is 5.54 Å². The number of likely N-dealkylation sites (tertiary alicyclic amines) is 1. The third-order valence-corrected chi connectivity index (χ3v) is 8.68. The predicted octanol–water partition coefficient (Wildman–Crippen LogP) is 2.32. The zero-order valence-electron chi connectivity index (χ0n) is 20.8. The molecule has 8 nitrogen and oxygen atoms in total. The van der Waals surface area contributed by atoms with Crippen LogP contribution >= 0.6 is 0 Å². The van der Waals surface area contributed by atoms with Gasteiger partial charge in [0.05, 0.1) is 11.4 Å². The summed E-state index contributed by atoms with van der Waals surface area (Å²) in [6.45, 7) is 9.50. The van der Waals surface area contributed by atoms with E-state index >= 15 is 0 Å². The van der Waals surface area contributed by atoms with Crippen molar-refractivity contribution in [2.45, 2.75) is 63.3 Å². The van der Waals surface area contributed by atoms with Crippen LogP contribution in [0.25, 0.3) is 0 Å². The van der Waals surface area contributed by atoms with Crippen LogP contribution in [0, 0.1) is 5.92 Å². The summed E-state index contributed by atoms with van der Waals surface area (Å²) >= 11 is 0. The van der Waals surface area contributed by atoms with Crippen LogP contribution in [0.4, 0.5) is 0 Å². The summed E-state index contributed by atoms with van der Waals surface area (Å²) < 4.78 is 27.7. The molecule has 0 spiro atoms. The third kappa shape index (κ3) is 6.37. The largest absolute Gasteiger partial charge is 0.354 e. The first-order valence-electron chi connectivity index (χ1n) is 12.5. The van der Waals surface area contributed by atoms with E-state index in [1.54, 1.807) is 30.0 Å². The lowest BCUT2D eigenvalue weighted by molar-refractivity contribution is -0.152. The van der Waals surface area contributed by atoms with Crippen LogP contribution in [-0.2, 0) is 19.6 Å². The average molecular weight is 493 g/mol. The molecule has 1 N–H and O–H groups in total. The van der Waals surface area contributed by atoms with Gasteiger partial charge in [-0.2, -0.15) is 4.31 Å². The first-order valence-corrected chi connectivity index (χ1v) is 13.9. The van der Waals surface area contributed by atoms with E-state index in [-0.39, 0.29) is 29.8 Å². The van der Waals surface area contributed by atoms with Crippen molar-refractivity contribution in [2.24, 2.45) is 5.92 Å². The van der Waals surface area contributed by atoms with Crippen LogP contribution in [0.5, 0.6) is 0 Å². The van der Waals surface area contributed by atoms with E-state index in [9.17, 15) is 18.0 Å². The van der Waals surface area contributed by atoms with E-state index in [0.29, 0.717) is 19.0 Å². The highest BCUT2D eigenvalue weighted by Gasteiger charge is 2.50. The van der Waals surface area contributed by atoms with Crippen molar-refractivity contribution < 1.29 is 18.0 Å². The van der Waals surface area contributed by atoms with E-state index in [4.69, 9.17) is 0 Å². The highest BCUT2D eigenvalue weighted by Crippen LogP contribution is 2.28. The lowest BCUT2D eigenvalue weighted by atomic mass is 9.95. The monoisotopic (exact) mass is 492 g/mol. The molecule has 2 heterocycles. The van der Waals surface area contributed by atoms with Gasteiger partial charge >= 0.3 is 0 Å². The Labute approximate surface area is 204 Å². The molecule has 2 aliphatic rings. The summed E-state index contributed by atoms with van der Waals surface area (Å²) in [6, 6.07) is 8.10. The molecule has 9 heteroatoms. The van der Waals surface area contributed by atoms with Crippen molar-refractivity contribution >= 4 is 21.8 Å². The van der Waals surface area contributed by atoms with E-state index in [0.717, 1.165) is 36.8 Å². The van der Waals surface area contributed by atoms with Crippen molar-refractivity contribution in [1.82, 2.24) is 19.4 Å². The third-order valence-electron chi connectivity index (χ3n) is 6.87. The first kappa shape index (κ1) is 26.6. The standard InChI is InChI=1S/C25H40N4O4S/c1-21(2)13-14-26-24(31)25(3)20-28(34(32,33)22-11-6-4-7-12-22)19-23(30)29(25)18-10-17-27-15-8-5-9-16-27/h4,6-7,11-12,21H,5,8-10,13-20H2,1-3H3,(H,26,31)/t25-/m0/s1. The molecule has 0 unspecified atom stereocenters. The molecule has 190 valence electrons. The second-order valence-corrected chi connectivity index (χ2v) is 12.0. The van der Waals surface area contributed by atoms with Gasteiger partial charge in [-0.05, 0) is 70.3 Å². The van der Waals surface area contributed by atoms with Crippen LogP contribution < -0.4 is 5.32 Å². The summed E-state index contributed by atoms with van der Waals surface area (Å²) in [4.78, 5) is 30.8. The molecular formula is C25H40N4O4S. The summed E-state index contributed by atoms with van der Waals surface area (Å²) in [5.74, 6) is -0.199. The molecule has 0 radical (unpaired) electrons. The fourth-order valence-corrected chi connectivity index (χ4v) is 6.27. The molecule has 2 aliphatic heterocycles. The maximum absolute atomic E-state index is 13.4. The number of carbonyl (C=O) groups is 2. The normalized spacial score (nSPS) is 22.8. The van der Waals surface area contributed by atoms with Crippen LogP contribution in [0.2, 0.25) is 0 Å². The Morgan fingerprint density at radius 2 is 1.76 bits per heavy atom. The molecule has 1 aromatic carbocycles. The molecule has 1 aromatic rings. The molecule has 2 saturated heterocycles. The maximum Gasteiger partial charge on any atom is 0.247 e. The fourth-order valence-electron chi connectivity index (χ4n) is 4.77. The van der Waals surface area contributed by atoms with Crippen molar-refractivity contribution in [3.63, 3.8) is 0 Å². The number of rotatable bonds is 10. The predicted molar refractivity (Wildman–Crippen MR) is 133 cm³/mol. The van der Waals surface area contributed by atoms with E-state index in [2.05, 4.69) is 24.1 Å². The number of amides is 2. The lowest BCUT2D eigenvalue weighted by Crippen LogP contribution is -2.70. The van der Waals surface area contributed by atoms with Crippen molar-refractivity contribution in [3.05, 3.63) is 30.3 Å². The van der Waals surface area contributed by atoms with Crippen LogP contribution in [0.15, 0.2) is 35.2 Å². The average Bonchev–Trinajstić information content (AvgIpc) is 2.81. The number of sulfonamides is 1. The number of carbonyl (C=O) groups excluding carboxylic acids is 2. The molecular weight excluding hydrogens is 452 g/mol. The van der Waals surface area contributed by atoms with E-state index in [1.807, 2.05) is 0 Å². The van der Waals surface area contributed by atoms with Gasteiger partial charge in [-0.1, -0.05) is 38.5 Å². The van der Waals surface area contributed by atoms with Gasteiger partial charge in [0.25, 0.3) is 0 Å². The number of piperidine rings is 1. The second kappa shape index (κ2) is 11.6. The van der Waals surface area contributed by atoms with Crippen molar-refractivity contribution in [2.75, 3.05) is 45.8 Å². The van der Waals surface area contributed by atoms with Crippen LogP contribution in [0.3, 0.4) is 0 Å². The summed E-state index contributed by atoms with van der Waals surface area (Å²) in [5.41, 5.74) is -1.27. The Bertz CT molecular complexity index is 931. The number of hydrogen-bond acceptors (Lipinski definition) is 5. The molecule has 0 bridgehead atoms. The van der Waals surface area contributed by atoms with Gasteiger partial charge in [0.15, 0.2) is 0 Å². The molecule has 3 rings (SSSR count). The highest BCUT2D eigenvalue weighted by atomic mass is 32.2. The van der Waals surface area contributed by atoms with Gasteiger partial charge in [0.2, 0.25) is 21.8 Å². The number of hydrogen-bond donors (Lipinski definition) is 1. The Kier molecular flexibility index (Phi) is 9.12. The van der Waals surface area contributed by atoms with Gasteiger partial charge in [-0.25, -0.2) is 8.42 Å². The molecule has 2 fully saturated rings. The van der Waals surface area contributed by atoms with Gasteiger partial charge < -0.3 is 15.1 Å². The Hall–Kier alpha value is -1.97. The number of benzene rings is 1. The maximum atomic E-state index is 13.4. The Morgan fingerprint density at radius 1 is 1.09 bits per heavy atom. The summed E-state index contributed by atoms with van der Waals surface area (Å²) in [6.07, 6.45) is 5.24. The first-order chi connectivity index (χ1) is 16.1. The topological polar surface area (TPSA) is 90.0 Å². The SMILES string of the molecule is CC(C)CCNC(=O)[C@]1(C)CN(S(=O)(=O)c2ccccc2)CC(=O)N1CCCN1CCCCC1. The molecule has 1 atom stereocenters. The zero-order valence-corrected chi connectivity index (χ0v) is 21.6. The van der Waals surface area contributed by atoms with Crippen LogP contribution in [0.1, 0.15) is 52.9 Å². The van der Waals surface area contributed by atoms with E-state index in [1.165, 1.54) is 31.4 Å². The quantitative estimate of drug-likeness (QED) is 0.541. The Balaban J connectivity index is 1.78. The second-order valence-electron chi connectivity index (χ2n) is 10.1. The van der Waals surface area contributed by atoms with Gasteiger partial charge in [-0.3, -0.25) is 9.59 Å². The number of piperazine rings is 1. The summed E-state index contributed by atoms with van der Waals surface area (Å²) in [7, 11) is -3.90.